The summed E-state index contributed by atoms with van der Waals surface area (Å²) in [5.74, 6) is -3.51. The van der Waals surface area contributed by atoms with E-state index in [1.807, 2.05) is 0 Å². The zero-order chi connectivity index (χ0) is 16.2. The Hall–Kier alpha value is -1.84. The Morgan fingerprint density at radius 1 is 1.29 bits per heavy atom. The molecule has 0 heterocycles. The van der Waals surface area contributed by atoms with E-state index in [0.29, 0.717) is 12.1 Å². The Balaban J connectivity index is 3.15. The number of rotatable bonds is 5. The molecule has 21 heavy (non-hydrogen) atoms. The van der Waals surface area contributed by atoms with E-state index in [1.165, 1.54) is 0 Å². The maximum absolute atomic E-state index is 13.6. The lowest BCUT2D eigenvalue weighted by Gasteiger charge is -2.13. The van der Waals surface area contributed by atoms with Gasteiger partial charge in [-0.05, 0) is 17.7 Å². The molecule has 0 aliphatic heterocycles. The second-order valence-corrected chi connectivity index (χ2v) is 4.49. The Morgan fingerprint density at radius 3 is 2.38 bits per heavy atom. The van der Waals surface area contributed by atoms with Crippen molar-refractivity contribution in [1.29, 1.82) is 0 Å². The summed E-state index contributed by atoms with van der Waals surface area (Å²) in [5.41, 5.74) is -1.67. The third-order valence-electron chi connectivity index (χ3n) is 2.27. The van der Waals surface area contributed by atoms with Crippen molar-refractivity contribution in [2.24, 2.45) is 0 Å². The van der Waals surface area contributed by atoms with Gasteiger partial charge in [-0.1, -0.05) is 0 Å². The van der Waals surface area contributed by atoms with Crippen LogP contribution in [0.4, 0.5) is 17.6 Å². The van der Waals surface area contributed by atoms with E-state index in [1.54, 1.807) is 0 Å². The smallest absolute Gasteiger partial charge is 0.420 e. The Labute approximate surface area is 118 Å². The number of hydrogen-bond donors (Lipinski definition) is 1. The number of esters is 1. The van der Waals surface area contributed by atoms with Crippen molar-refractivity contribution in [2.75, 3.05) is 6.61 Å². The van der Waals surface area contributed by atoms with Crippen LogP contribution in [0, 0.1) is 5.82 Å². The highest BCUT2D eigenvalue weighted by atomic mass is 32.2. The standard InChI is InChI=1S/C11H10F4O5S/c1-6(16)19-3-2-7-4-8(11(13,14)15)10(9(12)5-7)20-21(17)18/h4-5,21H,2-3H2,1H3. The molecule has 0 fully saturated rings. The summed E-state index contributed by atoms with van der Waals surface area (Å²) >= 11 is 0. The molecule has 118 valence electrons. The van der Waals surface area contributed by atoms with Gasteiger partial charge in [0.2, 0.25) is 0 Å². The van der Waals surface area contributed by atoms with Crippen molar-refractivity contribution >= 4 is 17.0 Å². The first kappa shape index (κ1) is 17.2. The van der Waals surface area contributed by atoms with E-state index in [0.717, 1.165) is 6.92 Å². The van der Waals surface area contributed by atoms with Crippen LogP contribution in [-0.4, -0.2) is 21.0 Å². The third-order valence-corrected chi connectivity index (χ3v) is 2.60. The minimum atomic E-state index is -5.00. The molecule has 0 unspecified atom stereocenters. The van der Waals surface area contributed by atoms with Gasteiger partial charge in [-0.25, -0.2) is 4.39 Å². The average Bonchev–Trinajstić information content (AvgIpc) is 2.29. The SMILES string of the molecule is CC(=O)OCCc1cc(F)c(O[SH](=O)=O)c(C(F)(F)F)c1. The summed E-state index contributed by atoms with van der Waals surface area (Å²) < 4.78 is 81.0. The molecule has 5 nitrogen and oxygen atoms in total. The van der Waals surface area contributed by atoms with Crippen LogP contribution >= 0.6 is 0 Å². The quantitative estimate of drug-likeness (QED) is 0.507. The van der Waals surface area contributed by atoms with Crippen LogP contribution in [0.25, 0.3) is 0 Å². The number of halogens is 4. The average molecular weight is 330 g/mol. The van der Waals surface area contributed by atoms with Gasteiger partial charge in [-0.2, -0.15) is 21.6 Å². The van der Waals surface area contributed by atoms with E-state index in [4.69, 9.17) is 0 Å². The van der Waals surface area contributed by atoms with Gasteiger partial charge in [0.05, 0.1) is 6.61 Å². The van der Waals surface area contributed by atoms with Gasteiger partial charge in [0.1, 0.15) is 5.56 Å². The first-order chi connectivity index (χ1) is 9.61. The predicted octanol–water partition coefficient (Wildman–Crippen LogP) is 1.86. The maximum atomic E-state index is 13.6. The molecule has 1 rings (SSSR count). The lowest BCUT2D eigenvalue weighted by Crippen LogP contribution is -2.12. The summed E-state index contributed by atoms with van der Waals surface area (Å²) in [4.78, 5) is 10.5. The highest BCUT2D eigenvalue weighted by molar-refractivity contribution is 7.67. The van der Waals surface area contributed by atoms with Crippen LogP contribution in [0.5, 0.6) is 5.75 Å². The van der Waals surface area contributed by atoms with Gasteiger partial charge in [-0.3, -0.25) is 4.79 Å². The number of hydrogen-bond acceptors (Lipinski definition) is 5. The van der Waals surface area contributed by atoms with E-state index in [-0.39, 0.29) is 18.6 Å². The summed E-state index contributed by atoms with van der Waals surface area (Å²) in [7, 11) is -3.69. The summed E-state index contributed by atoms with van der Waals surface area (Å²) in [6, 6.07) is 1.23. The van der Waals surface area contributed by atoms with Crippen LogP contribution in [-0.2, 0) is 33.1 Å². The third kappa shape index (κ3) is 5.21. The first-order valence-corrected chi connectivity index (χ1v) is 6.56. The zero-order valence-corrected chi connectivity index (χ0v) is 11.5. The minimum Gasteiger partial charge on any atom is -0.466 e. The van der Waals surface area contributed by atoms with Crippen molar-refractivity contribution < 1.29 is 39.7 Å². The molecule has 0 saturated carbocycles. The topological polar surface area (TPSA) is 69.7 Å². The molecule has 0 bridgehead atoms. The minimum absolute atomic E-state index is 0.116. The molecule has 0 atom stereocenters. The lowest BCUT2D eigenvalue weighted by atomic mass is 10.1. The van der Waals surface area contributed by atoms with Gasteiger partial charge in [0.25, 0.3) is 11.0 Å². The van der Waals surface area contributed by atoms with Gasteiger partial charge in [0, 0.05) is 13.3 Å². The molecular weight excluding hydrogens is 320 g/mol. The normalized spacial score (nSPS) is 11.5. The van der Waals surface area contributed by atoms with Crippen molar-refractivity contribution in [3.05, 3.63) is 29.1 Å². The Kier molecular flexibility index (Phi) is 5.53. The van der Waals surface area contributed by atoms with Gasteiger partial charge < -0.3 is 8.92 Å². The molecule has 0 aliphatic rings. The maximum Gasteiger partial charge on any atom is 0.420 e. The molecule has 0 spiro atoms. The molecule has 1 aromatic rings. The summed E-state index contributed by atoms with van der Waals surface area (Å²) in [6.45, 7) is 0.881. The Morgan fingerprint density at radius 2 is 1.90 bits per heavy atom. The Bertz CT molecular complexity index is 601. The molecular formula is C11H10F4O5S. The monoisotopic (exact) mass is 330 g/mol. The van der Waals surface area contributed by atoms with Crippen molar-refractivity contribution in [1.82, 2.24) is 0 Å². The second kappa shape index (κ2) is 6.74. The fourth-order valence-electron chi connectivity index (χ4n) is 1.48. The van der Waals surface area contributed by atoms with Crippen LogP contribution < -0.4 is 4.18 Å². The van der Waals surface area contributed by atoms with Crippen LogP contribution in [0.15, 0.2) is 12.1 Å². The summed E-state index contributed by atoms with van der Waals surface area (Å²) in [6.07, 6.45) is -5.16. The summed E-state index contributed by atoms with van der Waals surface area (Å²) in [5, 5.41) is 0. The van der Waals surface area contributed by atoms with Crippen molar-refractivity contribution in [2.45, 2.75) is 19.5 Å². The van der Waals surface area contributed by atoms with E-state index in [9.17, 15) is 30.8 Å². The lowest BCUT2D eigenvalue weighted by molar-refractivity contribution is -0.141. The predicted molar refractivity (Wildman–Crippen MR) is 62.7 cm³/mol. The number of ether oxygens (including phenoxy) is 1. The first-order valence-electron chi connectivity index (χ1n) is 5.46. The largest absolute Gasteiger partial charge is 0.466 e. The molecule has 0 amide bonds. The van der Waals surface area contributed by atoms with E-state index in [2.05, 4.69) is 8.92 Å². The molecule has 0 N–H and O–H groups in total. The number of carbonyl (C=O) groups excluding carboxylic acids is 1. The van der Waals surface area contributed by atoms with Crippen LogP contribution in [0.3, 0.4) is 0 Å². The molecule has 0 radical (unpaired) electrons. The fourth-order valence-corrected chi connectivity index (χ4v) is 1.82. The van der Waals surface area contributed by atoms with Crippen molar-refractivity contribution in [3.8, 4) is 5.75 Å². The van der Waals surface area contributed by atoms with Gasteiger partial charge in [-0.15, -0.1) is 0 Å². The van der Waals surface area contributed by atoms with Gasteiger partial charge in [0.15, 0.2) is 11.6 Å². The molecule has 0 aromatic heterocycles. The van der Waals surface area contributed by atoms with Gasteiger partial charge >= 0.3 is 12.1 Å². The number of alkyl halides is 3. The fraction of sp³-hybridized carbons (Fsp3) is 0.364. The zero-order valence-electron chi connectivity index (χ0n) is 10.6. The van der Waals surface area contributed by atoms with Crippen LogP contribution in [0.2, 0.25) is 0 Å². The highest BCUT2D eigenvalue weighted by Gasteiger charge is 2.37. The molecule has 1 aromatic carbocycles. The van der Waals surface area contributed by atoms with Crippen LogP contribution in [0.1, 0.15) is 18.1 Å². The number of thiol groups is 1. The molecule has 0 aliphatic carbocycles. The van der Waals surface area contributed by atoms with Crippen molar-refractivity contribution in [3.63, 3.8) is 0 Å². The molecule has 0 saturated heterocycles. The number of benzene rings is 1. The van der Waals surface area contributed by atoms with E-state index < -0.39 is 40.3 Å². The molecule has 10 heteroatoms. The van der Waals surface area contributed by atoms with E-state index >= 15 is 0 Å². The highest BCUT2D eigenvalue weighted by Crippen LogP contribution is 2.38. The second-order valence-electron chi connectivity index (χ2n) is 3.86. The number of carbonyl (C=O) groups is 1.